The van der Waals surface area contributed by atoms with Gasteiger partial charge in [-0.3, -0.25) is 0 Å². The average Bonchev–Trinajstić information content (AvgIpc) is 3.05. The fourth-order valence-corrected chi connectivity index (χ4v) is 2.90. The second-order valence-corrected chi connectivity index (χ2v) is 5.51. The van der Waals surface area contributed by atoms with Crippen molar-refractivity contribution in [3.05, 3.63) is 11.6 Å². The number of aliphatic hydroxyl groups is 1. The van der Waals surface area contributed by atoms with Crippen LogP contribution in [0.1, 0.15) is 39.5 Å². The van der Waals surface area contributed by atoms with Crippen molar-refractivity contribution in [2.24, 2.45) is 5.92 Å². The summed E-state index contributed by atoms with van der Waals surface area (Å²) in [6, 6.07) is 0. The van der Waals surface area contributed by atoms with E-state index in [4.69, 9.17) is 9.47 Å². The van der Waals surface area contributed by atoms with E-state index in [1.54, 1.807) is 7.11 Å². The zero-order valence-corrected chi connectivity index (χ0v) is 11.1. The van der Waals surface area contributed by atoms with Crippen LogP contribution in [-0.2, 0) is 9.47 Å². The van der Waals surface area contributed by atoms with Gasteiger partial charge in [0.15, 0.2) is 0 Å². The number of epoxide rings is 1. The minimum absolute atomic E-state index is 0.167. The molecule has 2 fully saturated rings. The monoisotopic (exact) mass is 240 g/mol. The van der Waals surface area contributed by atoms with Gasteiger partial charge in [0.25, 0.3) is 0 Å². The highest BCUT2D eigenvalue weighted by Gasteiger charge is 2.50. The number of methoxy groups -OCH3 is 1. The largest absolute Gasteiger partial charge is 0.393 e. The molecule has 0 amide bonds. The van der Waals surface area contributed by atoms with Crippen LogP contribution in [0.25, 0.3) is 0 Å². The fraction of sp³-hybridized carbons (Fsp3) is 0.857. The molecule has 2 aliphatic rings. The first-order valence-electron chi connectivity index (χ1n) is 6.63. The molecule has 2 rings (SSSR count). The molecule has 1 aliphatic carbocycles. The zero-order valence-electron chi connectivity index (χ0n) is 11.1. The standard InChI is InChI=1S/C14H24O3/c1-9(2)7-8-12-14(17-12)13-10(15)5-4-6-11(13)16-3/h7,10-15H,4-6,8H2,1-3H3/t10-,11-,12?,13-,14+/m1/s1. The molecule has 17 heavy (non-hydrogen) atoms. The van der Waals surface area contributed by atoms with Crippen LogP contribution in [0.4, 0.5) is 0 Å². The van der Waals surface area contributed by atoms with Gasteiger partial charge in [-0.1, -0.05) is 11.6 Å². The summed E-state index contributed by atoms with van der Waals surface area (Å²) in [7, 11) is 1.74. The normalized spacial score (nSPS) is 41.1. The van der Waals surface area contributed by atoms with Gasteiger partial charge in [-0.25, -0.2) is 0 Å². The van der Waals surface area contributed by atoms with Crippen molar-refractivity contribution in [3.63, 3.8) is 0 Å². The van der Waals surface area contributed by atoms with Crippen molar-refractivity contribution in [3.8, 4) is 0 Å². The van der Waals surface area contributed by atoms with E-state index < -0.39 is 0 Å². The Morgan fingerprint density at radius 2 is 2.18 bits per heavy atom. The molecular weight excluding hydrogens is 216 g/mol. The van der Waals surface area contributed by atoms with Crippen LogP contribution in [0.2, 0.25) is 0 Å². The van der Waals surface area contributed by atoms with Crippen LogP contribution in [0, 0.1) is 5.92 Å². The maximum atomic E-state index is 10.1. The lowest BCUT2D eigenvalue weighted by atomic mass is 9.80. The maximum Gasteiger partial charge on any atom is 0.0922 e. The summed E-state index contributed by atoms with van der Waals surface area (Å²) in [6.07, 6.45) is 6.57. The number of aliphatic hydroxyl groups excluding tert-OH is 1. The zero-order chi connectivity index (χ0) is 12.4. The van der Waals surface area contributed by atoms with Crippen molar-refractivity contribution in [2.45, 2.75) is 63.9 Å². The minimum atomic E-state index is -0.254. The maximum absolute atomic E-state index is 10.1. The summed E-state index contributed by atoms with van der Waals surface area (Å²) < 4.78 is 11.2. The van der Waals surface area contributed by atoms with Crippen molar-refractivity contribution in [2.75, 3.05) is 7.11 Å². The Kier molecular flexibility index (Phi) is 4.23. The van der Waals surface area contributed by atoms with E-state index in [-0.39, 0.29) is 24.2 Å². The van der Waals surface area contributed by atoms with Crippen LogP contribution in [0.15, 0.2) is 11.6 Å². The number of hydrogen-bond acceptors (Lipinski definition) is 3. The van der Waals surface area contributed by atoms with Gasteiger partial charge >= 0.3 is 0 Å². The molecule has 1 saturated heterocycles. The molecule has 0 bridgehead atoms. The first kappa shape index (κ1) is 13.1. The molecule has 1 aliphatic heterocycles. The van der Waals surface area contributed by atoms with Gasteiger partial charge in [-0.15, -0.1) is 0 Å². The topological polar surface area (TPSA) is 42.0 Å². The van der Waals surface area contributed by atoms with Crippen LogP contribution < -0.4 is 0 Å². The lowest BCUT2D eigenvalue weighted by Crippen LogP contribution is -2.41. The summed E-state index contributed by atoms with van der Waals surface area (Å²) in [4.78, 5) is 0. The second-order valence-electron chi connectivity index (χ2n) is 5.51. The van der Waals surface area contributed by atoms with Gasteiger partial charge < -0.3 is 14.6 Å². The van der Waals surface area contributed by atoms with E-state index in [9.17, 15) is 5.11 Å². The third-order valence-electron chi connectivity index (χ3n) is 3.92. The van der Waals surface area contributed by atoms with Gasteiger partial charge in [0.2, 0.25) is 0 Å². The summed E-state index contributed by atoms with van der Waals surface area (Å²) in [5.74, 6) is 0.171. The SMILES string of the molecule is CO[C@@H]1CCC[C@@H](O)[C@H]1[C@H]1OC1CC=C(C)C. The Hall–Kier alpha value is -0.380. The third kappa shape index (κ3) is 3.09. The molecule has 0 spiro atoms. The Bertz CT molecular complexity index is 283. The van der Waals surface area contributed by atoms with Gasteiger partial charge in [0.1, 0.15) is 0 Å². The Morgan fingerprint density at radius 3 is 2.82 bits per heavy atom. The summed E-state index contributed by atoms with van der Waals surface area (Å²) in [6.45, 7) is 4.20. The molecule has 1 saturated carbocycles. The van der Waals surface area contributed by atoms with Crippen LogP contribution >= 0.6 is 0 Å². The summed E-state index contributed by atoms with van der Waals surface area (Å²) in [5.41, 5.74) is 1.33. The summed E-state index contributed by atoms with van der Waals surface area (Å²) in [5, 5.41) is 10.1. The van der Waals surface area contributed by atoms with Crippen molar-refractivity contribution >= 4 is 0 Å². The lowest BCUT2D eigenvalue weighted by molar-refractivity contribution is -0.0557. The number of ether oxygens (including phenoxy) is 2. The predicted octanol–water partition coefficient (Wildman–Crippen LogP) is 2.29. The van der Waals surface area contributed by atoms with Gasteiger partial charge in [-0.2, -0.15) is 0 Å². The Morgan fingerprint density at radius 1 is 1.41 bits per heavy atom. The molecule has 3 heteroatoms. The van der Waals surface area contributed by atoms with Gasteiger partial charge in [0.05, 0.1) is 24.4 Å². The first-order valence-corrected chi connectivity index (χ1v) is 6.63. The summed E-state index contributed by atoms with van der Waals surface area (Å²) >= 11 is 0. The highest BCUT2D eigenvalue weighted by Crippen LogP contribution is 2.41. The van der Waals surface area contributed by atoms with Crippen LogP contribution in [0.5, 0.6) is 0 Å². The number of hydrogen-bond donors (Lipinski definition) is 1. The fourth-order valence-electron chi connectivity index (χ4n) is 2.90. The van der Waals surface area contributed by atoms with Crippen LogP contribution in [0.3, 0.4) is 0 Å². The lowest BCUT2D eigenvalue weighted by Gasteiger charge is -2.33. The van der Waals surface area contributed by atoms with Crippen molar-refractivity contribution in [1.29, 1.82) is 0 Å². The van der Waals surface area contributed by atoms with E-state index in [1.165, 1.54) is 5.57 Å². The third-order valence-corrected chi connectivity index (χ3v) is 3.92. The quantitative estimate of drug-likeness (QED) is 0.605. The average molecular weight is 240 g/mol. The van der Waals surface area contributed by atoms with Gasteiger partial charge in [-0.05, 0) is 39.5 Å². The molecule has 3 nitrogen and oxygen atoms in total. The predicted molar refractivity (Wildman–Crippen MR) is 66.9 cm³/mol. The van der Waals surface area contributed by atoms with E-state index in [0.717, 1.165) is 25.7 Å². The van der Waals surface area contributed by atoms with E-state index in [1.807, 2.05) is 0 Å². The van der Waals surface area contributed by atoms with E-state index in [0.29, 0.717) is 6.10 Å². The van der Waals surface area contributed by atoms with E-state index in [2.05, 4.69) is 19.9 Å². The Labute approximate surface area is 104 Å². The number of allylic oxidation sites excluding steroid dienone is 1. The van der Waals surface area contributed by atoms with Crippen molar-refractivity contribution < 1.29 is 14.6 Å². The van der Waals surface area contributed by atoms with Crippen molar-refractivity contribution in [1.82, 2.24) is 0 Å². The smallest absolute Gasteiger partial charge is 0.0922 e. The number of rotatable bonds is 4. The molecule has 5 atom stereocenters. The highest BCUT2D eigenvalue weighted by molar-refractivity contribution is 5.04. The molecule has 0 aromatic carbocycles. The molecular formula is C14H24O3. The van der Waals surface area contributed by atoms with E-state index >= 15 is 0 Å². The molecule has 0 aromatic rings. The van der Waals surface area contributed by atoms with Gasteiger partial charge in [0, 0.05) is 13.0 Å². The molecule has 98 valence electrons. The first-order chi connectivity index (χ1) is 8.13. The molecule has 0 aromatic heterocycles. The molecule has 1 unspecified atom stereocenters. The van der Waals surface area contributed by atoms with Crippen LogP contribution in [-0.4, -0.2) is 36.6 Å². The Balaban J connectivity index is 1.90. The second kappa shape index (κ2) is 5.51. The molecule has 1 heterocycles. The highest BCUT2D eigenvalue weighted by atomic mass is 16.6. The molecule has 1 N–H and O–H groups in total. The minimum Gasteiger partial charge on any atom is -0.393 e. The molecule has 0 radical (unpaired) electrons.